The average Bonchev–Trinajstić information content (AvgIpc) is 4.00. The molecule has 2 aliphatic heterocycles. The molecular weight excluding hydrogens is 997 g/mol. The zero-order chi connectivity index (χ0) is 56.1. The Kier molecular flexibility index (Phi) is 19.4. The number of rotatable bonds is 26. The first-order valence-electron chi connectivity index (χ1n) is 25.2. The van der Waals surface area contributed by atoms with Crippen LogP contribution in [0.3, 0.4) is 0 Å². The number of pyridine rings is 1. The fourth-order valence-corrected chi connectivity index (χ4v) is 8.91. The smallest absolute Gasteiger partial charge is 0.458 e. The van der Waals surface area contributed by atoms with Gasteiger partial charge in [0.1, 0.15) is 32.1 Å². The molecule has 0 aliphatic carbocycles. The topological polar surface area (TPSA) is 281 Å². The van der Waals surface area contributed by atoms with Crippen LogP contribution < -0.4 is 21.3 Å². The van der Waals surface area contributed by atoms with Gasteiger partial charge in [0.15, 0.2) is 0 Å². The lowest BCUT2D eigenvalue weighted by Crippen LogP contribution is -2.50. The van der Waals surface area contributed by atoms with Crippen LogP contribution in [-0.4, -0.2) is 141 Å². The van der Waals surface area contributed by atoms with Crippen LogP contribution in [0, 0.1) is 0 Å². The highest BCUT2D eigenvalue weighted by molar-refractivity contribution is 5.95. The number of carbonyl (C=O) groups is 8. The molecule has 0 radical (unpaired) electrons. The predicted octanol–water partition coefficient (Wildman–Crippen LogP) is 4.02. The van der Waals surface area contributed by atoms with Crippen molar-refractivity contribution in [1.82, 2.24) is 45.7 Å². The molecule has 4 N–H and O–H groups in total. The summed E-state index contributed by atoms with van der Waals surface area (Å²) in [5.74, 6) is -2.52. The molecule has 6 rings (SSSR count). The number of ether oxygens (including phenoxy) is 5. The average molecular weight is 1070 g/mol. The minimum Gasteiger partial charge on any atom is -0.458 e. The molecule has 77 heavy (non-hydrogen) atoms. The van der Waals surface area contributed by atoms with E-state index >= 15 is 0 Å². The van der Waals surface area contributed by atoms with Crippen LogP contribution in [0.15, 0.2) is 72.0 Å². The van der Waals surface area contributed by atoms with Gasteiger partial charge in [-0.2, -0.15) is 0 Å². The van der Waals surface area contributed by atoms with Crippen molar-refractivity contribution in [3.8, 4) is 0 Å². The van der Waals surface area contributed by atoms with Crippen LogP contribution in [0.25, 0.3) is 16.6 Å². The summed E-state index contributed by atoms with van der Waals surface area (Å²) in [5.41, 5.74) is 2.33. The van der Waals surface area contributed by atoms with Gasteiger partial charge in [0.25, 0.3) is 0 Å². The van der Waals surface area contributed by atoms with E-state index in [1.165, 1.54) is 11.8 Å². The zero-order valence-corrected chi connectivity index (χ0v) is 45.0. The first kappa shape index (κ1) is 58.2. The van der Waals surface area contributed by atoms with Crippen molar-refractivity contribution in [1.29, 1.82) is 0 Å². The van der Waals surface area contributed by atoms with Crippen LogP contribution in [0.2, 0.25) is 0 Å². The summed E-state index contributed by atoms with van der Waals surface area (Å²) in [5, 5.41) is 19.4. The quantitative estimate of drug-likeness (QED) is 0.0510. The number of anilines is 1. The molecule has 4 aromatic rings. The molecule has 4 heterocycles. The van der Waals surface area contributed by atoms with Gasteiger partial charge >= 0.3 is 12.1 Å². The van der Waals surface area contributed by atoms with Gasteiger partial charge in [0.2, 0.25) is 42.0 Å². The maximum Gasteiger partial charge on any atom is 0.510 e. The molecular formula is C54H68N10O13. The molecule has 0 saturated heterocycles. The van der Waals surface area contributed by atoms with Gasteiger partial charge in [-0.05, 0) is 102 Å². The van der Waals surface area contributed by atoms with E-state index in [-0.39, 0.29) is 51.3 Å². The molecule has 0 spiro atoms. The maximum atomic E-state index is 13.7. The number of nitrogens with one attached hydrogen (secondary N) is 4. The minimum atomic E-state index is -1.94. The second-order valence-electron chi connectivity index (χ2n) is 20.2. The fourth-order valence-electron chi connectivity index (χ4n) is 8.91. The van der Waals surface area contributed by atoms with Crippen LogP contribution in [0.4, 0.5) is 10.5 Å². The molecule has 0 saturated carbocycles. The third kappa shape index (κ3) is 15.3. The van der Waals surface area contributed by atoms with E-state index in [1.54, 1.807) is 73.8 Å². The van der Waals surface area contributed by atoms with Gasteiger partial charge in [0.05, 0.1) is 67.0 Å². The van der Waals surface area contributed by atoms with Gasteiger partial charge in [0, 0.05) is 41.7 Å². The predicted molar refractivity (Wildman–Crippen MR) is 280 cm³/mol. The molecule has 2 aromatic heterocycles. The van der Waals surface area contributed by atoms with Crippen molar-refractivity contribution in [3.63, 3.8) is 0 Å². The number of amides is 6. The van der Waals surface area contributed by atoms with Crippen molar-refractivity contribution in [2.45, 2.75) is 124 Å². The lowest BCUT2D eigenvalue weighted by molar-refractivity contribution is -0.165. The SMILES string of the molecule is CC[C@@]1(OC(=O)OCc2ccc(NC(=O)CNC(=O)COCC(=O)NC(C)(C)COC(C)(C)Cn3cc(CNC=O)nn3)cc2)C(=O)OCC(C)=C1/C=C1/c2nc3ccccc3c(CCN(C(C)=O)C(C)C)c2CN1C=O. The Morgan fingerprint density at radius 3 is 2.40 bits per heavy atom. The molecule has 6 amide bonds. The fraction of sp³-hybridized carbons (Fsp3) is 0.463. The standard InChI is InChI=1S/C54H68N10O13/c1-10-54(43(35(4)26-74-50(54)71)21-45-49-42(25-62(45)33-66)40(19-20-64(34(2)3)36(5)67)41-13-11-12-14-44(41)58-49)77-51(72)75-27-37-15-17-38(18-16-37)57-46(68)23-56-47(69)28-73-29-48(70)59-52(6,7)31-76-53(8,9)30-63-24-39(60-61-63)22-55-32-65/h11-18,21,24,32-34H,10,19-20,22-23,25-31H2,1-9H3,(H,55,65)(H,56,69)(H,57,68)(H,59,70)/b45-21-/t54-/m0/s1. The number of cyclic esters (lactones) is 1. The summed E-state index contributed by atoms with van der Waals surface area (Å²) in [7, 11) is 0. The number of nitrogens with zero attached hydrogens (tertiary/aromatic N) is 6. The van der Waals surface area contributed by atoms with Crippen LogP contribution >= 0.6 is 0 Å². The Morgan fingerprint density at radius 1 is 0.987 bits per heavy atom. The van der Waals surface area contributed by atoms with E-state index < -0.39 is 66.3 Å². The number of esters is 1. The van der Waals surface area contributed by atoms with E-state index in [4.69, 9.17) is 28.7 Å². The molecule has 2 aliphatic rings. The summed E-state index contributed by atoms with van der Waals surface area (Å²) >= 11 is 0. The van der Waals surface area contributed by atoms with E-state index in [1.807, 2.05) is 52.0 Å². The summed E-state index contributed by atoms with van der Waals surface area (Å²) in [4.78, 5) is 109. The van der Waals surface area contributed by atoms with Crippen LogP contribution in [0.1, 0.15) is 96.8 Å². The third-order valence-electron chi connectivity index (χ3n) is 12.7. The van der Waals surface area contributed by atoms with Crippen molar-refractivity contribution in [2.75, 3.05) is 44.8 Å². The van der Waals surface area contributed by atoms with E-state index in [2.05, 4.69) is 31.6 Å². The summed E-state index contributed by atoms with van der Waals surface area (Å²) < 4.78 is 29.9. The molecule has 0 bridgehead atoms. The Hall–Kier alpha value is -8.05. The number of carbonyl (C=O) groups excluding carboxylic acids is 8. The lowest BCUT2D eigenvalue weighted by atomic mass is 9.84. The van der Waals surface area contributed by atoms with Crippen LogP contribution in [0.5, 0.6) is 0 Å². The zero-order valence-electron chi connectivity index (χ0n) is 45.0. The van der Waals surface area contributed by atoms with E-state index in [0.29, 0.717) is 77.3 Å². The molecule has 1 atom stereocenters. The first-order chi connectivity index (χ1) is 36.6. The van der Waals surface area contributed by atoms with Crippen LogP contribution in [-0.2, 0) is 89.9 Å². The van der Waals surface area contributed by atoms with Crippen molar-refractivity contribution >= 4 is 70.9 Å². The second-order valence-corrected chi connectivity index (χ2v) is 20.2. The highest BCUT2D eigenvalue weighted by Crippen LogP contribution is 2.42. The monoisotopic (exact) mass is 1060 g/mol. The Labute approximate surface area is 446 Å². The molecule has 23 heteroatoms. The van der Waals surface area contributed by atoms with Gasteiger partial charge in [-0.1, -0.05) is 42.5 Å². The second kappa shape index (κ2) is 25.7. The molecule has 412 valence electrons. The number of hydrogen-bond donors (Lipinski definition) is 4. The third-order valence-corrected chi connectivity index (χ3v) is 12.7. The first-order valence-corrected chi connectivity index (χ1v) is 25.2. The highest BCUT2D eigenvalue weighted by Gasteiger charge is 2.50. The number of hydrogen-bond acceptors (Lipinski definition) is 16. The van der Waals surface area contributed by atoms with Crippen molar-refractivity contribution in [3.05, 3.63) is 100 Å². The van der Waals surface area contributed by atoms with Gasteiger partial charge in [-0.15, -0.1) is 5.10 Å². The number of para-hydroxylation sites is 1. The van der Waals surface area contributed by atoms with E-state index in [9.17, 15) is 38.4 Å². The number of aromatic nitrogens is 4. The summed E-state index contributed by atoms with van der Waals surface area (Å²) in [6, 6.07) is 13.9. The molecule has 0 fully saturated rings. The largest absolute Gasteiger partial charge is 0.510 e. The maximum absolute atomic E-state index is 13.7. The Morgan fingerprint density at radius 2 is 1.71 bits per heavy atom. The molecule has 0 unspecified atom stereocenters. The van der Waals surface area contributed by atoms with Gasteiger partial charge < -0.3 is 54.8 Å². The van der Waals surface area contributed by atoms with Gasteiger partial charge in [-0.25, -0.2) is 19.3 Å². The molecule has 23 nitrogen and oxygen atoms in total. The van der Waals surface area contributed by atoms with Crippen molar-refractivity contribution < 1.29 is 62.0 Å². The normalized spacial score (nSPS) is 15.9. The highest BCUT2D eigenvalue weighted by atomic mass is 16.7. The van der Waals surface area contributed by atoms with Gasteiger partial charge in [-0.3, -0.25) is 28.8 Å². The summed E-state index contributed by atoms with van der Waals surface area (Å²) in [6.07, 6.45) is 3.93. The Bertz CT molecular complexity index is 2910. The number of fused-ring (bicyclic) bond motifs is 2. The lowest BCUT2D eigenvalue weighted by Gasteiger charge is -2.35. The minimum absolute atomic E-state index is 0.0215. The number of benzene rings is 2. The molecule has 2 aromatic carbocycles. The van der Waals surface area contributed by atoms with Crippen molar-refractivity contribution in [2.24, 2.45) is 0 Å². The summed E-state index contributed by atoms with van der Waals surface area (Å²) in [6.45, 7) is 15.9. The van der Waals surface area contributed by atoms with E-state index in [0.717, 1.165) is 16.5 Å². The Balaban J connectivity index is 0.983.